The summed E-state index contributed by atoms with van der Waals surface area (Å²) in [7, 11) is 0. The maximum Gasteiger partial charge on any atom is 0.0208 e. The van der Waals surface area contributed by atoms with Gasteiger partial charge >= 0.3 is 0 Å². The van der Waals surface area contributed by atoms with E-state index < -0.39 is 0 Å². The molecule has 1 aliphatic rings. The number of piperidine rings is 1. The lowest BCUT2D eigenvalue weighted by Crippen LogP contribution is -2.42. The van der Waals surface area contributed by atoms with Crippen LogP contribution in [-0.2, 0) is 6.54 Å². The van der Waals surface area contributed by atoms with Crippen molar-refractivity contribution in [2.45, 2.75) is 46.2 Å². The second-order valence-electron chi connectivity index (χ2n) is 6.22. The summed E-state index contributed by atoms with van der Waals surface area (Å²) in [6, 6.07) is 9.52. The molecule has 1 saturated heterocycles. The summed E-state index contributed by atoms with van der Waals surface area (Å²) < 4.78 is 0. The molecule has 1 aromatic rings. The second-order valence-corrected chi connectivity index (χ2v) is 6.22. The highest BCUT2D eigenvalue weighted by molar-refractivity contribution is 5.21. The maximum absolute atomic E-state index is 3.70. The molecule has 0 amide bonds. The SMILES string of the molecule is CC(C)=CCN1CCC(NCc2ccc(C)cc2)CC1. The first-order valence-corrected chi connectivity index (χ1v) is 7.78. The van der Waals surface area contributed by atoms with E-state index in [-0.39, 0.29) is 0 Å². The third kappa shape index (κ3) is 5.10. The fraction of sp³-hybridized carbons (Fsp3) is 0.556. The Bertz CT molecular complexity index is 421. The van der Waals surface area contributed by atoms with E-state index in [0.29, 0.717) is 6.04 Å². The molecular weight excluding hydrogens is 244 g/mol. The molecule has 0 saturated carbocycles. The summed E-state index contributed by atoms with van der Waals surface area (Å²) in [5.41, 5.74) is 4.15. The van der Waals surface area contributed by atoms with Gasteiger partial charge in [-0.05, 0) is 52.3 Å². The summed E-state index contributed by atoms with van der Waals surface area (Å²) in [5.74, 6) is 0. The Morgan fingerprint density at radius 1 is 1.20 bits per heavy atom. The van der Waals surface area contributed by atoms with E-state index in [1.54, 1.807) is 0 Å². The highest BCUT2D eigenvalue weighted by Crippen LogP contribution is 2.12. The van der Waals surface area contributed by atoms with Crippen LogP contribution >= 0.6 is 0 Å². The quantitative estimate of drug-likeness (QED) is 0.825. The van der Waals surface area contributed by atoms with Crippen molar-refractivity contribution in [2.75, 3.05) is 19.6 Å². The van der Waals surface area contributed by atoms with Gasteiger partial charge in [-0.25, -0.2) is 0 Å². The Balaban J connectivity index is 1.69. The largest absolute Gasteiger partial charge is 0.310 e. The summed E-state index contributed by atoms with van der Waals surface area (Å²) in [6.45, 7) is 11.0. The summed E-state index contributed by atoms with van der Waals surface area (Å²) in [4.78, 5) is 2.55. The zero-order valence-electron chi connectivity index (χ0n) is 13.2. The van der Waals surface area contributed by atoms with Crippen LogP contribution in [0.15, 0.2) is 35.9 Å². The van der Waals surface area contributed by atoms with Crippen LogP contribution in [0, 0.1) is 6.92 Å². The van der Waals surface area contributed by atoms with Gasteiger partial charge in [-0.1, -0.05) is 41.5 Å². The van der Waals surface area contributed by atoms with Crippen LogP contribution in [0.3, 0.4) is 0 Å². The molecule has 0 aromatic heterocycles. The van der Waals surface area contributed by atoms with Crippen molar-refractivity contribution in [3.8, 4) is 0 Å². The molecule has 0 aliphatic carbocycles. The molecule has 0 bridgehead atoms. The minimum absolute atomic E-state index is 0.680. The zero-order chi connectivity index (χ0) is 14.4. The Kier molecular flexibility index (Phi) is 5.81. The number of aryl methyl sites for hydroxylation is 1. The lowest BCUT2D eigenvalue weighted by atomic mass is 10.0. The smallest absolute Gasteiger partial charge is 0.0208 e. The van der Waals surface area contributed by atoms with Gasteiger partial charge in [0.05, 0.1) is 0 Å². The van der Waals surface area contributed by atoms with Gasteiger partial charge in [-0.15, -0.1) is 0 Å². The number of likely N-dealkylation sites (tertiary alicyclic amines) is 1. The van der Waals surface area contributed by atoms with Crippen LogP contribution in [0.4, 0.5) is 0 Å². The highest BCUT2D eigenvalue weighted by Gasteiger charge is 2.17. The molecule has 2 rings (SSSR count). The monoisotopic (exact) mass is 272 g/mol. The molecule has 0 radical (unpaired) electrons. The average Bonchev–Trinajstić information content (AvgIpc) is 2.45. The fourth-order valence-electron chi connectivity index (χ4n) is 2.60. The number of rotatable bonds is 5. The first-order chi connectivity index (χ1) is 9.63. The Morgan fingerprint density at radius 3 is 2.45 bits per heavy atom. The van der Waals surface area contributed by atoms with Gasteiger partial charge in [0.1, 0.15) is 0 Å². The van der Waals surface area contributed by atoms with Crippen LogP contribution in [-0.4, -0.2) is 30.6 Å². The van der Waals surface area contributed by atoms with E-state index >= 15 is 0 Å². The van der Waals surface area contributed by atoms with Crippen molar-refractivity contribution in [1.29, 1.82) is 0 Å². The first-order valence-electron chi connectivity index (χ1n) is 7.78. The number of hydrogen-bond donors (Lipinski definition) is 1. The van der Waals surface area contributed by atoms with Gasteiger partial charge in [0.15, 0.2) is 0 Å². The number of nitrogens with one attached hydrogen (secondary N) is 1. The standard InChI is InChI=1S/C18H28N2/c1-15(2)8-11-20-12-9-18(10-13-20)19-14-17-6-4-16(3)5-7-17/h4-8,18-19H,9-14H2,1-3H3. The van der Waals surface area contributed by atoms with Crippen molar-refractivity contribution >= 4 is 0 Å². The molecule has 1 heterocycles. The predicted octanol–water partition coefficient (Wildman–Crippen LogP) is 3.52. The van der Waals surface area contributed by atoms with Crippen molar-refractivity contribution in [2.24, 2.45) is 0 Å². The molecule has 0 spiro atoms. The van der Waals surface area contributed by atoms with Crippen LogP contribution in [0.25, 0.3) is 0 Å². The Labute approximate surface area is 123 Å². The third-order valence-electron chi connectivity index (χ3n) is 4.06. The van der Waals surface area contributed by atoms with E-state index in [1.807, 2.05) is 0 Å². The van der Waals surface area contributed by atoms with Gasteiger partial charge in [0.25, 0.3) is 0 Å². The van der Waals surface area contributed by atoms with Crippen LogP contribution < -0.4 is 5.32 Å². The lowest BCUT2D eigenvalue weighted by Gasteiger charge is -2.31. The maximum atomic E-state index is 3.70. The van der Waals surface area contributed by atoms with Crippen LogP contribution in [0.2, 0.25) is 0 Å². The molecule has 20 heavy (non-hydrogen) atoms. The van der Waals surface area contributed by atoms with Crippen LogP contribution in [0.1, 0.15) is 37.8 Å². The Morgan fingerprint density at radius 2 is 1.85 bits per heavy atom. The predicted molar refractivity (Wildman–Crippen MR) is 86.9 cm³/mol. The van der Waals surface area contributed by atoms with Crippen molar-refractivity contribution in [3.05, 3.63) is 47.0 Å². The van der Waals surface area contributed by atoms with Crippen molar-refractivity contribution in [3.63, 3.8) is 0 Å². The minimum atomic E-state index is 0.680. The molecule has 2 nitrogen and oxygen atoms in total. The minimum Gasteiger partial charge on any atom is -0.310 e. The highest BCUT2D eigenvalue weighted by atomic mass is 15.1. The average molecular weight is 272 g/mol. The molecule has 0 unspecified atom stereocenters. The van der Waals surface area contributed by atoms with Gasteiger partial charge in [-0.3, -0.25) is 4.90 Å². The van der Waals surface area contributed by atoms with E-state index in [1.165, 1.54) is 42.6 Å². The molecule has 1 fully saturated rings. The topological polar surface area (TPSA) is 15.3 Å². The van der Waals surface area contributed by atoms with Gasteiger partial charge in [0, 0.05) is 19.1 Å². The number of benzene rings is 1. The van der Waals surface area contributed by atoms with Crippen molar-refractivity contribution < 1.29 is 0 Å². The van der Waals surface area contributed by atoms with E-state index in [4.69, 9.17) is 0 Å². The van der Waals surface area contributed by atoms with Crippen LogP contribution in [0.5, 0.6) is 0 Å². The van der Waals surface area contributed by atoms with Crippen molar-refractivity contribution in [1.82, 2.24) is 10.2 Å². The van der Waals surface area contributed by atoms with Gasteiger partial charge in [-0.2, -0.15) is 0 Å². The van der Waals surface area contributed by atoms with Gasteiger partial charge < -0.3 is 5.32 Å². The number of nitrogens with zero attached hydrogens (tertiary/aromatic N) is 1. The molecule has 110 valence electrons. The molecule has 1 aliphatic heterocycles. The molecule has 0 atom stereocenters. The second kappa shape index (κ2) is 7.61. The lowest BCUT2D eigenvalue weighted by molar-refractivity contribution is 0.214. The van der Waals surface area contributed by atoms with E-state index in [2.05, 4.69) is 61.3 Å². The van der Waals surface area contributed by atoms with E-state index in [0.717, 1.165) is 13.1 Å². The van der Waals surface area contributed by atoms with E-state index in [9.17, 15) is 0 Å². The third-order valence-corrected chi connectivity index (χ3v) is 4.06. The van der Waals surface area contributed by atoms with Gasteiger partial charge in [0.2, 0.25) is 0 Å². The number of allylic oxidation sites excluding steroid dienone is 1. The molecular formula is C18H28N2. The fourth-order valence-corrected chi connectivity index (χ4v) is 2.60. The zero-order valence-corrected chi connectivity index (χ0v) is 13.2. The summed E-state index contributed by atoms with van der Waals surface area (Å²) in [6.07, 6.45) is 4.87. The first kappa shape index (κ1) is 15.3. The Hall–Kier alpha value is -1.12. The normalized spacial score (nSPS) is 17.1. The summed E-state index contributed by atoms with van der Waals surface area (Å²) in [5, 5.41) is 3.70. The number of hydrogen-bond acceptors (Lipinski definition) is 2. The molecule has 2 heteroatoms. The molecule has 1 N–H and O–H groups in total. The molecule has 1 aromatic carbocycles. The summed E-state index contributed by atoms with van der Waals surface area (Å²) >= 11 is 0.